The van der Waals surface area contributed by atoms with Gasteiger partial charge in [-0.15, -0.1) is 0 Å². The monoisotopic (exact) mass is 493 g/mol. The number of halogens is 3. The van der Waals surface area contributed by atoms with Crippen molar-refractivity contribution < 1.29 is 18.0 Å². The van der Waals surface area contributed by atoms with E-state index in [4.69, 9.17) is 0 Å². The summed E-state index contributed by atoms with van der Waals surface area (Å²) >= 11 is 1.87. The summed E-state index contributed by atoms with van der Waals surface area (Å²) in [6, 6.07) is 12.3. The molecule has 2 aromatic rings. The van der Waals surface area contributed by atoms with Crippen molar-refractivity contribution in [2.45, 2.75) is 56.9 Å². The highest BCUT2D eigenvalue weighted by Crippen LogP contribution is 2.30. The molecule has 1 atom stereocenters. The van der Waals surface area contributed by atoms with Crippen molar-refractivity contribution in [3.8, 4) is 0 Å². The smallest absolute Gasteiger partial charge is 0.317 e. The van der Waals surface area contributed by atoms with E-state index >= 15 is 0 Å². The fraction of sp³-hybridized carbons (Fsp3) is 0.500. The minimum atomic E-state index is -3.20. The van der Waals surface area contributed by atoms with E-state index in [-0.39, 0.29) is 11.7 Å². The van der Waals surface area contributed by atoms with Gasteiger partial charge in [0.1, 0.15) is 5.82 Å². The molecule has 1 aliphatic heterocycles. The zero-order valence-electron chi connectivity index (χ0n) is 20.1. The summed E-state index contributed by atoms with van der Waals surface area (Å²) in [5, 5.41) is 3.28. The third kappa shape index (κ3) is 7.67. The van der Waals surface area contributed by atoms with E-state index < -0.39 is 23.3 Å². The maximum atomic E-state index is 14.0. The van der Waals surface area contributed by atoms with Crippen LogP contribution in [0.1, 0.15) is 44.2 Å². The number of hydrogen-bond acceptors (Lipinski definition) is 3. The first-order valence-corrected chi connectivity index (χ1v) is 13.0. The van der Waals surface area contributed by atoms with E-state index in [0.717, 1.165) is 62.7 Å². The van der Waals surface area contributed by atoms with Crippen LogP contribution in [-0.2, 0) is 12.5 Å². The van der Waals surface area contributed by atoms with Crippen LogP contribution in [-0.4, -0.2) is 53.0 Å². The molecule has 1 unspecified atom stereocenters. The van der Waals surface area contributed by atoms with Crippen LogP contribution in [0.5, 0.6) is 0 Å². The second-order valence-corrected chi connectivity index (χ2v) is 10.3. The lowest BCUT2D eigenvalue weighted by molar-refractivity contribution is 0.0172. The van der Waals surface area contributed by atoms with E-state index in [1.54, 1.807) is 4.90 Å². The predicted molar refractivity (Wildman–Crippen MR) is 134 cm³/mol. The molecule has 2 amide bonds. The normalized spacial score (nSPS) is 16.3. The van der Waals surface area contributed by atoms with Crippen LogP contribution in [0.25, 0.3) is 0 Å². The molecule has 0 bridgehead atoms. The van der Waals surface area contributed by atoms with Gasteiger partial charge in [-0.3, -0.25) is 0 Å². The molecule has 1 N–H and O–H groups in total. The van der Waals surface area contributed by atoms with E-state index in [1.165, 1.54) is 0 Å². The van der Waals surface area contributed by atoms with Crippen molar-refractivity contribution in [1.29, 1.82) is 0 Å². The molecule has 2 aromatic carbocycles. The quantitative estimate of drug-likeness (QED) is 0.429. The topological polar surface area (TPSA) is 35.6 Å². The predicted octanol–water partition coefficient (Wildman–Crippen LogP) is 6.58. The molecule has 1 aliphatic rings. The number of anilines is 1. The van der Waals surface area contributed by atoms with Crippen molar-refractivity contribution in [1.82, 2.24) is 9.80 Å². The lowest BCUT2D eigenvalue weighted by Crippen LogP contribution is -2.48. The number of nitrogens with zero attached hydrogens (tertiary/aromatic N) is 2. The number of carbonyl (C=O) groups is 1. The molecule has 0 spiro atoms. The van der Waals surface area contributed by atoms with Crippen LogP contribution < -0.4 is 5.32 Å². The summed E-state index contributed by atoms with van der Waals surface area (Å²) in [6.45, 7) is 6.18. The number of urea groups is 1. The summed E-state index contributed by atoms with van der Waals surface area (Å²) < 4.78 is 41.5. The highest BCUT2D eigenvalue weighted by atomic mass is 32.2. The maximum absolute atomic E-state index is 14.0. The fourth-order valence-corrected chi connectivity index (χ4v) is 4.54. The molecule has 0 aromatic heterocycles. The number of hydrogen-bond donors (Lipinski definition) is 1. The number of amides is 2. The number of thioether (sulfide) groups is 1. The van der Waals surface area contributed by atoms with Gasteiger partial charge in [-0.05, 0) is 55.8 Å². The summed E-state index contributed by atoms with van der Waals surface area (Å²) in [5.41, 5.74) is 0.544. The Bertz CT molecular complexity index is 931. The Morgan fingerprint density at radius 3 is 2.50 bits per heavy atom. The van der Waals surface area contributed by atoms with Crippen LogP contribution in [0, 0.1) is 5.82 Å². The Kier molecular flexibility index (Phi) is 9.31. The van der Waals surface area contributed by atoms with Gasteiger partial charge in [0.15, 0.2) is 0 Å². The molecule has 4 nitrogen and oxygen atoms in total. The highest BCUT2D eigenvalue weighted by Gasteiger charge is 2.29. The first kappa shape index (κ1) is 26.4. The van der Waals surface area contributed by atoms with E-state index in [1.807, 2.05) is 42.1 Å². The van der Waals surface area contributed by atoms with Gasteiger partial charge >= 0.3 is 6.03 Å². The van der Waals surface area contributed by atoms with Crippen LogP contribution in [0.3, 0.4) is 0 Å². The molecule has 34 heavy (non-hydrogen) atoms. The van der Waals surface area contributed by atoms with E-state index in [9.17, 15) is 18.0 Å². The number of piperidine rings is 1. The fourth-order valence-electron chi connectivity index (χ4n) is 4.19. The molecular weight excluding hydrogens is 459 g/mol. The van der Waals surface area contributed by atoms with Crippen molar-refractivity contribution >= 4 is 23.5 Å². The van der Waals surface area contributed by atoms with Gasteiger partial charge in [0.2, 0.25) is 0 Å². The van der Waals surface area contributed by atoms with Crippen molar-refractivity contribution in [3.05, 3.63) is 65.5 Å². The summed E-state index contributed by atoms with van der Waals surface area (Å²) in [7, 11) is 0. The molecule has 0 radical (unpaired) electrons. The van der Waals surface area contributed by atoms with Crippen LogP contribution in [0.4, 0.5) is 23.7 Å². The average molecular weight is 494 g/mol. The molecule has 1 heterocycles. The van der Waals surface area contributed by atoms with Gasteiger partial charge in [0.25, 0.3) is 5.92 Å². The molecule has 1 saturated heterocycles. The van der Waals surface area contributed by atoms with Gasteiger partial charge < -0.3 is 15.1 Å². The van der Waals surface area contributed by atoms with Gasteiger partial charge in [-0.2, -0.15) is 11.8 Å². The first-order chi connectivity index (χ1) is 16.2. The SMILES string of the molecule is CSC(C)CCN1CCC(N(Cc2ccccc2)C(=O)Nc2cc(F)cc(C(C)(F)F)c2)CC1. The zero-order chi connectivity index (χ0) is 24.7. The summed E-state index contributed by atoms with van der Waals surface area (Å²) in [6.07, 6.45) is 4.91. The summed E-state index contributed by atoms with van der Waals surface area (Å²) in [5.74, 6) is -4.01. The lowest BCUT2D eigenvalue weighted by Gasteiger charge is -2.39. The molecule has 0 aliphatic carbocycles. The Morgan fingerprint density at radius 2 is 1.88 bits per heavy atom. The Hall–Kier alpha value is -2.19. The van der Waals surface area contributed by atoms with Gasteiger partial charge in [-0.1, -0.05) is 37.3 Å². The number of carbonyl (C=O) groups excluding carboxylic acids is 1. The average Bonchev–Trinajstić information content (AvgIpc) is 2.81. The Labute approximate surface area is 204 Å². The minimum absolute atomic E-state index is 0.00933. The van der Waals surface area contributed by atoms with Gasteiger partial charge in [-0.25, -0.2) is 18.0 Å². The molecular formula is C26H34F3N3OS. The van der Waals surface area contributed by atoms with Crippen LogP contribution in [0.2, 0.25) is 0 Å². The standard InChI is InChI=1S/C26H34F3N3OS/c1-19(34-3)9-12-31-13-10-24(11-14-31)32(18-20-7-5-4-6-8-20)25(33)30-23-16-21(26(2,28)29)15-22(27)17-23/h4-8,15-17,19,24H,9-14,18H2,1-3H3,(H,30,33). The Balaban J connectivity index is 1.72. The molecule has 1 fully saturated rings. The Morgan fingerprint density at radius 1 is 1.21 bits per heavy atom. The van der Waals surface area contributed by atoms with Crippen LogP contribution >= 0.6 is 11.8 Å². The van der Waals surface area contributed by atoms with Gasteiger partial charge in [0, 0.05) is 49.1 Å². The third-order valence-corrected chi connectivity index (χ3v) is 7.41. The molecule has 0 saturated carbocycles. The molecule has 186 valence electrons. The van der Waals surface area contributed by atoms with Crippen LogP contribution in [0.15, 0.2) is 48.5 Å². The first-order valence-electron chi connectivity index (χ1n) is 11.7. The number of alkyl halides is 2. The minimum Gasteiger partial charge on any atom is -0.317 e. The number of likely N-dealkylation sites (tertiary alicyclic amines) is 1. The molecule has 3 rings (SSSR count). The number of nitrogens with one attached hydrogen (secondary N) is 1. The maximum Gasteiger partial charge on any atom is 0.322 e. The lowest BCUT2D eigenvalue weighted by atomic mass is 10.0. The number of rotatable bonds is 9. The van der Waals surface area contributed by atoms with Gasteiger partial charge in [0.05, 0.1) is 0 Å². The highest BCUT2D eigenvalue weighted by molar-refractivity contribution is 7.99. The molecule has 8 heteroatoms. The van der Waals surface area contributed by atoms with E-state index in [2.05, 4.69) is 23.4 Å². The summed E-state index contributed by atoms with van der Waals surface area (Å²) in [4.78, 5) is 17.5. The largest absolute Gasteiger partial charge is 0.322 e. The van der Waals surface area contributed by atoms with Crippen molar-refractivity contribution in [2.75, 3.05) is 31.2 Å². The van der Waals surface area contributed by atoms with E-state index in [0.29, 0.717) is 18.7 Å². The van der Waals surface area contributed by atoms with Crippen molar-refractivity contribution in [3.63, 3.8) is 0 Å². The number of benzene rings is 2. The van der Waals surface area contributed by atoms with Crippen molar-refractivity contribution in [2.24, 2.45) is 0 Å². The zero-order valence-corrected chi connectivity index (χ0v) is 20.9. The second kappa shape index (κ2) is 12.0. The third-order valence-electron chi connectivity index (χ3n) is 6.36. The second-order valence-electron chi connectivity index (χ2n) is 9.07.